The van der Waals surface area contributed by atoms with Gasteiger partial charge in [0, 0.05) is 13.5 Å². The topological polar surface area (TPSA) is 35.5 Å². The van der Waals surface area contributed by atoms with Gasteiger partial charge in [-0.2, -0.15) is 0 Å². The predicted octanol–water partition coefficient (Wildman–Crippen LogP) is 1.78. The first kappa shape index (κ1) is 13.7. The summed E-state index contributed by atoms with van der Waals surface area (Å²) in [4.78, 5) is 10.4. The fourth-order valence-corrected chi connectivity index (χ4v) is 0.341. The van der Waals surface area contributed by atoms with Crippen molar-refractivity contribution in [1.29, 1.82) is 0 Å². The van der Waals surface area contributed by atoms with Crippen LogP contribution in [-0.4, -0.2) is 26.3 Å². The summed E-state index contributed by atoms with van der Waals surface area (Å²) in [7, 11) is 1.57. The molecule has 0 rings (SSSR count). The maximum atomic E-state index is 10.4. The quantitative estimate of drug-likeness (QED) is 0.370. The Morgan fingerprint density at radius 3 is 2.33 bits per heavy atom. The van der Waals surface area contributed by atoms with Crippen LogP contribution < -0.4 is 0 Å². The van der Waals surface area contributed by atoms with E-state index in [1.54, 1.807) is 20.1 Å². The van der Waals surface area contributed by atoms with E-state index in [0.29, 0.717) is 19.6 Å². The highest BCUT2D eigenvalue weighted by Gasteiger charge is 1.94. The number of hydrogen-bond acceptors (Lipinski definition) is 3. The molecule has 0 aliphatic carbocycles. The lowest BCUT2D eigenvalue weighted by Crippen LogP contribution is -2.07. The number of rotatable bonds is 4. The molecule has 0 aliphatic rings. The molecular weight excluding hydrogens is 156 g/mol. The number of allylic oxidation sites excluding steroid dienone is 1. The first-order chi connectivity index (χ1) is 5.72. The largest absolute Gasteiger partial charge is 0.463 e. The minimum atomic E-state index is -0.174. The molecule has 0 N–H and O–H groups in total. The smallest absolute Gasteiger partial charge is 0.305 e. The molecule has 0 bridgehead atoms. The Kier molecular flexibility index (Phi) is 14.7. The van der Waals surface area contributed by atoms with Crippen molar-refractivity contribution in [2.45, 2.75) is 20.3 Å². The summed E-state index contributed by atoms with van der Waals surface area (Å²) in [5, 5.41) is 0. The van der Waals surface area contributed by atoms with Gasteiger partial charge in [-0.25, -0.2) is 0 Å². The Morgan fingerprint density at radius 2 is 2.00 bits per heavy atom. The lowest BCUT2D eigenvalue weighted by molar-refractivity contribution is -0.144. The van der Waals surface area contributed by atoms with Crippen molar-refractivity contribution < 1.29 is 14.3 Å². The van der Waals surface area contributed by atoms with E-state index in [0.717, 1.165) is 0 Å². The minimum Gasteiger partial charge on any atom is -0.463 e. The molecule has 0 saturated heterocycles. The molecule has 0 aromatic rings. The molecule has 0 aromatic heterocycles. The van der Waals surface area contributed by atoms with Crippen molar-refractivity contribution in [1.82, 2.24) is 0 Å². The third kappa shape index (κ3) is 16.1. The van der Waals surface area contributed by atoms with Crippen molar-refractivity contribution in [3.63, 3.8) is 0 Å². The molecule has 0 saturated carbocycles. The maximum Gasteiger partial charge on any atom is 0.305 e. The summed E-state index contributed by atoms with van der Waals surface area (Å²) in [6, 6.07) is 0. The lowest BCUT2D eigenvalue weighted by Gasteiger charge is -1.99. The highest BCUT2D eigenvalue weighted by molar-refractivity contribution is 5.68. The Morgan fingerprint density at radius 1 is 1.50 bits per heavy atom. The molecule has 3 heteroatoms. The highest BCUT2D eigenvalue weighted by atomic mass is 16.6. The van der Waals surface area contributed by atoms with Gasteiger partial charge in [-0.05, 0) is 6.92 Å². The van der Waals surface area contributed by atoms with Crippen LogP contribution in [0.4, 0.5) is 0 Å². The van der Waals surface area contributed by atoms with E-state index < -0.39 is 0 Å². The van der Waals surface area contributed by atoms with Crippen LogP contribution in [0.2, 0.25) is 0 Å². The van der Waals surface area contributed by atoms with Crippen LogP contribution in [0.5, 0.6) is 0 Å². The summed E-state index contributed by atoms with van der Waals surface area (Å²) in [5.41, 5.74) is 0. The molecule has 3 nitrogen and oxygen atoms in total. The number of esters is 1. The number of carbonyl (C=O) groups is 1. The summed E-state index contributed by atoms with van der Waals surface area (Å²) < 4.78 is 9.33. The van der Waals surface area contributed by atoms with Gasteiger partial charge in [0.25, 0.3) is 0 Å². The van der Waals surface area contributed by atoms with Gasteiger partial charge in [-0.3, -0.25) is 4.79 Å². The fraction of sp³-hybridized carbons (Fsp3) is 0.667. The second kappa shape index (κ2) is 12.8. The number of carbonyl (C=O) groups excluding carboxylic acids is 1. The summed E-state index contributed by atoms with van der Waals surface area (Å²) in [5.74, 6) is -0.174. The fourth-order valence-electron chi connectivity index (χ4n) is 0.341. The van der Waals surface area contributed by atoms with Crippen LogP contribution in [-0.2, 0) is 14.3 Å². The van der Waals surface area contributed by atoms with Crippen LogP contribution in [0.1, 0.15) is 20.3 Å². The third-order valence-corrected chi connectivity index (χ3v) is 0.839. The molecule has 0 unspecified atom stereocenters. The zero-order valence-electron chi connectivity index (χ0n) is 8.13. The summed E-state index contributed by atoms with van der Waals surface area (Å²) in [6.07, 6.45) is 2.18. The molecule has 0 aliphatic heterocycles. The summed E-state index contributed by atoms with van der Waals surface area (Å²) in [6.45, 7) is 7.85. The monoisotopic (exact) mass is 174 g/mol. The molecular formula is C9H18O3. The van der Waals surface area contributed by atoms with Gasteiger partial charge < -0.3 is 9.47 Å². The summed E-state index contributed by atoms with van der Waals surface area (Å²) >= 11 is 0. The van der Waals surface area contributed by atoms with E-state index in [4.69, 9.17) is 0 Å². The van der Waals surface area contributed by atoms with Crippen molar-refractivity contribution in [3.8, 4) is 0 Å². The first-order valence-electron chi connectivity index (χ1n) is 3.94. The van der Waals surface area contributed by atoms with Gasteiger partial charge >= 0.3 is 5.97 Å². The SMILES string of the molecule is C=CC.CCC(=O)OCCOC. The van der Waals surface area contributed by atoms with Gasteiger partial charge in [0.2, 0.25) is 0 Å². The van der Waals surface area contributed by atoms with Gasteiger partial charge in [0.05, 0.1) is 6.61 Å². The predicted molar refractivity (Wildman–Crippen MR) is 49.0 cm³/mol. The first-order valence-corrected chi connectivity index (χ1v) is 3.94. The number of hydrogen-bond donors (Lipinski definition) is 0. The van der Waals surface area contributed by atoms with E-state index in [-0.39, 0.29) is 5.97 Å². The zero-order chi connectivity index (χ0) is 9.82. The Labute approximate surface area is 74.4 Å². The highest BCUT2D eigenvalue weighted by Crippen LogP contribution is 1.82. The molecule has 0 amide bonds. The molecule has 0 heterocycles. The molecule has 12 heavy (non-hydrogen) atoms. The Hall–Kier alpha value is -0.830. The molecule has 0 fully saturated rings. The minimum absolute atomic E-state index is 0.174. The van der Waals surface area contributed by atoms with Crippen molar-refractivity contribution in [2.24, 2.45) is 0 Å². The second-order valence-corrected chi connectivity index (χ2v) is 1.98. The second-order valence-electron chi connectivity index (χ2n) is 1.98. The van der Waals surface area contributed by atoms with Gasteiger partial charge in [0.15, 0.2) is 0 Å². The van der Waals surface area contributed by atoms with Crippen LogP contribution in [0.3, 0.4) is 0 Å². The normalized spacial score (nSPS) is 7.92. The van der Waals surface area contributed by atoms with Crippen LogP contribution >= 0.6 is 0 Å². The third-order valence-electron chi connectivity index (χ3n) is 0.839. The van der Waals surface area contributed by atoms with E-state index in [9.17, 15) is 4.79 Å². The average Bonchev–Trinajstić information content (AvgIpc) is 2.06. The van der Waals surface area contributed by atoms with E-state index in [2.05, 4.69) is 16.1 Å². The zero-order valence-corrected chi connectivity index (χ0v) is 8.13. The molecule has 0 atom stereocenters. The van der Waals surface area contributed by atoms with Crippen molar-refractivity contribution in [3.05, 3.63) is 12.7 Å². The standard InChI is InChI=1S/C6H12O3.C3H6/c1-3-6(7)9-5-4-8-2;1-3-2/h3-5H2,1-2H3;3H,1H2,2H3. The Balaban J connectivity index is 0. The van der Waals surface area contributed by atoms with Gasteiger partial charge in [-0.1, -0.05) is 13.0 Å². The lowest BCUT2D eigenvalue weighted by atomic mass is 10.5. The van der Waals surface area contributed by atoms with Crippen molar-refractivity contribution in [2.75, 3.05) is 20.3 Å². The molecule has 0 radical (unpaired) electrons. The van der Waals surface area contributed by atoms with E-state index in [1.807, 2.05) is 6.92 Å². The number of ether oxygens (including phenoxy) is 2. The number of methoxy groups -OCH3 is 1. The van der Waals surface area contributed by atoms with Gasteiger partial charge in [-0.15, -0.1) is 6.58 Å². The van der Waals surface area contributed by atoms with E-state index >= 15 is 0 Å². The molecule has 0 spiro atoms. The van der Waals surface area contributed by atoms with Crippen LogP contribution in [0.15, 0.2) is 12.7 Å². The molecule has 72 valence electrons. The maximum absolute atomic E-state index is 10.4. The van der Waals surface area contributed by atoms with Crippen molar-refractivity contribution >= 4 is 5.97 Å². The Bertz CT molecular complexity index is 110. The average molecular weight is 174 g/mol. The van der Waals surface area contributed by atoms with E-state index in [1.165, 1.54) is 0 Å². The molecule has 0 aromatic carbocycles. The van der Waals surface area contributed by atoms with Gasteiger partial charge in [0.1, 0.15) is 6.61 Å². The van der Waals surface area contributed by atoms with Crippen LogP contribution in [0, 0.1) is 0 Å². The van der Waals surface area contributed by atoms with Crippen LogP contribution in [0.25, 0.3) is 0 Å².